The third kappa shape index (κ3) is 3.92. The van der Waals surface area contributed by atoms with Crippen molar-refractivity contribution >= 4 is 62.5 Å². The van der Waals surface area contributed by atoms with Gasteiger partial charge in [-0.05, 0) is 64.9 Å². The Bertz CT molecular complexity index is 1700. The van der Waals surface area contributed by atoms with E-state index in [1.807, 2.05) is 105 Å². The second-order valence-corrected chi connectivity index (χ2v) is 13.6. The van der Waals surface area contributed by atoms with Crippen molar-refractivity contribution in [2.45, 2.75) is 36.1 Å². The summed E-state index contributed by atoms with van der Waals surface area (Å²) in [5.74, 6) is -3.39. The first-order chi connectivity index (χ1) is 20.6. The van der Waals surface area contributed by atoms with Gasteiger partial charge in [-0.1, -0.05) is 94.8 Å². The summed E-state index contributed by atoms with van der Waals surface area (Å²) in [6.45, 7) is 3.88. The Labute approximate surface area is 268 Å². The fraction of sp³-hybridized carbons (Fsp3) is 0.229. The summed E-state index contributed by atoms with van der Waals surface area (Å²) in [6.07, 6.45) is 0.141. The van der Waals surface area contributed by atoms with Crippen molar-refractivity contribution in [3.8, 4) is 0 Å². The Kier molecular flexibility index (Phi) is 6.62. The van der Waals surface area contributed by atoms with Crippen LogP contribution in [0.5, 0.6) is 0 Å². The highest BCUT2D eigenvalue weighted by Crippen LogP contribution is 2.69. The molecule has 3 aliphatic carbocycles. The van der Waals surface area contributed by atoms with Crippen molar-refractivity contribution in [1.82, 2.24) is 4.90 Å². The molecule has 1 saturated heterocycles. The van der Waals surface area contributed by atoms with Crippen LogP contribution in [-0.2, 0) is 30.6 Å². The topological polar surface area (TPSA) is 66.5 Å². The van der Waals surface area contributed by atoms with Crippen molar-refractivity contribution in [2.24, 2.45) is 11.8 Å². The highest BCUT2D eigenvalue weighted by molar-refractivity contribution is 9.10. The van der Waals surface area contributed by atoms with Crippen molar-refractivity contribution in [1.29, 1.82) is 0 Å². The first-order valence-electron chi connectivity index (χ1n) is 14.1. The lowest BCUT2D eigenvalue weighted by molar-refractivity contribution is -0.146. The molecular weight excluding hydrogens is 647 g/mol. The number of nitrogens with zero attached hydrogens (tertiary/aromatic N) is 1. The molecule has 2 bridgehead atoms. The number of likely N-dealkylation sites (tertiary alicyclic amines) is 1. The Morgan fingerprint density at radius 2 is 1.21 bits per heavy atom. The predicted molar refractivity (Wildman–Crippen MR) is 171 cm³/mol. The lowest BCUT2D eigenvalue weighted by Gasteiger charge is -2.54. The second kappa shape index (κ2) is 10.0. The van der Waals surface area contributed by atoms with Gasteiger partial charge in [-0.3, -0.25) is 19.3 Å². The Balaban J connectivity index is 1.36. The zero-order chi connectivity index (χ0) is 30.3. The lowest BCUT2D eigenvalue weighted by Crippen LogP contribution is -2.57. The van der Waals surface area contributed by atoms with E-state index in [4.69, 9.17) is 23.2 Å². The van der Waals surface area contributed by atoms with Gasteiger partial charge in [-0.15, -0.1) is 23.2 Å². The molecule has 1 aliphatic heterocycles. The molecule has 3 atom stereocenters. The maximum Gasteiger partial charge on any atom is 0.248 e. The maximum atomic E-state index is 14.6. The summed E-state index contributed by atoms with van der Waals surface area (Å²) < 4.78 is 0.953. The van der Waals surface area contributed by atoms with E-state index in [1.165, 1.54) is 0 Å². The van der Waals surface area contributed by atoms with Gasteiger partial charge in [-0.2, -0.15) is 0 Å². The number of imide groups is 1. The molecule has 4 aliphatic rings. The number of hydrogen-bond donors (Lipinski definition) is 1. The monoisotopic (exact) mass is 672 g/mol. The molecular formula is C35H27BrCl2N2O3. The molecule has 0 radical (unpaired) electrons. The molecule has 0 spiro atoms. The van der Waals surface area contributed by atoms with Crippen LogP contribution in [0.15, 0.2) is 95.5 Å². The summed E-state index contributed by atoms with van der Waals surface area (Å²) in [7, 11) is 0. The number of carbonyl (C=O) groups is 3. The Hall–Kier alpha value is -3.45. The number of rotatable bonds is 5. The molecule has 4 aromatic carbocycles. The normalized spacial score (nSPS) is 25.7. The van der Waals surface area contributed by atoms with Crippen LogP contribution in [0.25, 0.3) is 0 Å². The summed E-state index contributed by atoms with van der Waals surface area (Å²) in [5.41, 5.74) is 6.19. The number of hydrogen-bond acceptors (Lipinski definition) is 3. The average molecular weight is 674 g/mol. The van der Waals surface area contributed by atoms with Crippen LogP contribution >= 0.6 is 39.1 Å². The number of nitrogens with one attached hydrogen (secondary N) is 1. The molecule has 43 heavy (non-hydrogen) atoms. The van der Waals surface area contributed by atoms with E-state index in [0.29, 0.717) is 5.69 Å². The van der Waals surface area contributed by atoms with Gasteiger partial charge >= 0.3 is 0 Å². The molecule has 1 N–H and O–H groups in total. The van der Waals surface area contributed by atoms with Gasteiger partial charge in [0, 0.05) is 16.6 Å². The second-order valence-electron chi connectivity index (χ2n) is 11.6. The molecule has 8 rings (SSSR count). The Morgan fingerprint density at radius 3 is 1.65 bits per heavy atom. The smallest absolute Gasteiger partial charge is 0.248 e. The molecule has 1 heterocycles. The van der Waals surface area contributed by atoms with E-state index in [2.05, 4.69) is 21.2 Å². The average Bonchev–Trinajstić information content (AvgIpc) is 3.28. The standard InChI is InChI=1S/C35H27BrCl2N2O3/c1-19-16-22(17-20(2)30(19)36)39-31(41)27(18-21-10-4-3-5-11-21)40-32(42)28-29(33(40)43)35(38)24-13-7-6-12-23(24)34(28,37)25-14-8-9-15-26(25)35/h3-17,27-29H,18H2,1-2H3,(H,39,41)/t27-,28-,29+,34?,35?/m1/s1. The van der Waals surface area contributed by atoms with E-state index in [1.54, 1.807) is 0 Å². The molecule has 8 heteroatoms. The molecule has 1 fully saturated rings. The SMILES string of the molecule is Cc1cc(NC(=O)[C@@H](Cc2ccccc2)N2C(=O)[C@@H]3[C@H](C2=O)C2(Cl)c4ccccc4C3(Cl)c3ccccc32)cc(C)c1Br. The molecule has 0 unspecified atom stereocenters. The summed E-state index contributed by atoms with van der Waals surface area (Å²) in [6, 6.07) is 27.0. The maximum absolute atomic E-state index is 14.6. The number of halogens is 3. The quantitative estimate of drug-likeness (QED) is 0.180. The number of anilines is 1. The minimum atomic E-state index is -1.32. The van der Waals surface area contributed by atoms with E-state index < -0.39 is 45.3 Å². The number of alkyl halides is 2. The van der Waals surface area contributed by atoms with Crippen LogP contribution < -0.4 is 5.32 Å². The fourth-order valence-corrected chi connectivity index (χ4v) is 8.70. The van der Waals surface area contributed by atoms with Crippen LogP contribution in [0.3, 0.4) is 0 Å². The fourth-order valence-electron chi connectivity index (χ4n) is 7.38. The van der Waals surface area contributed by atoms with Gasteiger partial charge in [-0.25, -0.2) is 0 Å². The van der Waals surface area contributed by atoms with Gasteiger partial charge in [0.2, 0.25) is 17.7 Å². The van der Waals surface area contributed by atoms with Gasteiger partial charge in [0.15, 0.2) is 0 Å². The minimum absolute atomic E-state index is 0.141. The Morgan fingerprint density at radius 1 is 0.791 bits per heavy atom. The number of benzene rings is 4. The third-order valence-corrected chi connectivity index (χ3v) is 11.7. The van der Waals surface area contributed by atoms with Crippen LogP contribution in [-0.4, -0.2) is 28.7 Å². The van der Waals surface area contributed by atoms with Crippen LogP contribution in [0.4, 0.5) is 5.69 Å². The first-order valence-corrected chi connectivity index (χ1v) is 15.7. The predicted octanol–water partition coefficient (Wildman–Crippen LogP) is 7.21. The molecule has 0 aromatic heterocycles. The van der Waals surface area contributed by atoms with E-state index in [9.17, 15) is 14.4 Å². The van der Waals surface area contributed by atoms with E-state index in [0.717, 1.165) is 48.3 Å². The van der Waals surface area contributed by atoms with Crippen LogP contribution in [0, 0.1) is 25.7 Å². The van der Waals surface area contributed by atoms with Gasteiger partial charge in [0.1, 0.15) is 15.8 Å². The minimum Gasteiger partial charge on any atom is -0.324 e. The first kappa shape index (κ1) is 28.3. The third-order valence-electron chi connectivity index (χ3n) is 9.21. The summed E-state index contributed by atoms with van der Waals surface area (Å²) in [5, 5.41) is 2.99. The number of aryl methyl sites for hydroxylation is 2. The largest absolute Gasteiger partial charge is 0.324 e. The highest BCUT2D eigenvalue weighted by atomic mass is 79.9. The van der Waals surface area contributed by atoms with Crippen LogP contribution in [0.1, 0.15) is 38.9 Å². The number of amides is 3. The van der Waals surface area contributed by atoms with Gasteiger partial charge in [0.05, 0.1) is 11.8 Å². The van der Waals surface area contributed by atoms with Crippen molar-refractivity contribution in [3.63, 3.8) is 0 Å². The van der Waals surface area contributed by atoms with Gasteiger partial charge < -0.3 is 5.32 Å². The molecule has 5 nitrogen and oxygen atoms in total. The zero-order valence-corrected chi connectivity index (χ0v) is 26.5. The van der Waals surface area contributed by atoms with Crippen molar-refractivity contribution in [3.05, 3.63) is 134 Å². The van der Waals surface area contributed by atoms with E-state index in [-0.39, 0.29) is 6.42 Å². The number of carbonyl (C=O) groups excluding carboxylic acids is 3. The molecule has 216 valence electrons. The lowest BCUT2D eigenvalue weighted by atomic mass is 9.54. The molecule has 0 saturated carbocycles. The zero-order valence-electron chi connectivity index (χ0n) is 23.4. The summed E-state index contributed by atoms with van der Waals surface area (Å²) >= 11 is 18.8. The molecule has 3 amide bonds. The van der Waals surface area contributed by atoms with Crippen LogP contribution in [0.2, 0.25) is 0 Å². The van der Waals surface area contributed by atoms with Gasteiger partial charge in [0.25, 0.3) is 0 Å². The van der Waals surface area contributed by atoms with Crippen molar-refractivity contribution < 1.29 is 14.4 Å². The van der Waals surface area contributed by atoms with Crippen molar-refractivity contribution in [2.75, 3.05) is 5.32 Å². The highest BCUT2D eigenvalue weighted by Gasteiger charge is 2.73. The van der Waals surface area contributed by atoms with E-state index >= 15 is 0 Å². The molecule has 4 aromatic rings. The summed E-state index contributed by atoms with van der Waals surface area (Å²) in [4.78, 5) is 41.9.